The van der Waals surface area contributed by atoms with Crippen molar-refractivity contribution < 1.29 is 9.84 Å². The molecule has 3 heterocycles. The van der Waals surface area contributed by atoms with Crippen molar-refractivity contribution in [1.82, 2.24) is 14.5 Å². The third-order valence-corrected chi connectivity index (χ3v) is 7.00. The highest BCUT2D eigenvalue weighted by Gasteiger charge is 2.14. The first-order valence-electron chi connectivity index (χ1n) is 12.1. The van der Waals surface area contributed by atoms with Gasteiger partial charge in [0, 0.05) is 49.6 Å². The number of aromatic hydroxyl groups is 1. The lowest BCUT2D eigenvalue weighted by Crippen LogP contribution is -2.14. The molecule has 4 aromatic rings. The highest BCUT2D eigenvalue weighted by Crippen LogP contribution is 2.25. The SMILES string of the molecule is CCc1ccc(CCOc2ccc(Cc3sc(=O)n(CCc4ccc(CC)cn4)c3O)cc2)nc1. The van der Waals surface area contributed by atoms with Crippen molar-refractivity contribution in [3.63, 3.8) is 0 Å². The molecule has 0 fully saturated rings. The Morgan fingerprint density at radius 1 is 0.857 bits per heavy atom. The summed E-state index contributed by atoms with van der Waals surface area (Å²) in [7, 11) is 0. The molecule has 0 saturated carbocycles. The van der Waals surface area contributed by atoms with E-state index < -0.39 is 0 Å². The Balaban J connectivity index is 1.31. The fourth-order valence-electron chi connectivity index (χ4n) is 3.77. The van der Waals surface area contributed by atoms with E-state index >= 15 is 0 Å². The van der Waals surface area contributed by atoms with E-state index in [-0.39, 0.29) is 10.8 Å². The standard InChI is InChI=1S/C28H31N3O3S/c1-3-20-5-9-23(29-18-20)13-15-31-27(32)26(35-28(31)33)17-22-7-11-25(12-8-22)34-16-14-24-10-6-21(4-2)19-30-24/h5-12,18-19,32H,3-4,13-17H2,1-2H3. The molecule has 0 amide bonds. The molecule has 0 spiro atoms. The van der Waals surface area contributed by atoms with Gasteiger partial charge in [-0.2, -0.15) is 0 Å². The predicted octanol–water partition coefficient (Wildman–Crippen LogP) is 4.99. The van der Waals surface area contributed by atoms with Crippen molar-refractivity contribution in [3.05, 3.63) is 104 Å². The zero-order chi connectivity index (χ0) is 24.6. The van der Waals surface area contributed by atoms with E-state index in [2.05, 4.69) is 35.9 Å². The Morgan fingerprint density at radius 2 is 1.46 bits per heavy atom. The Morgan fingerprint density at radius 3 is 2.03 bits per heavy atom. The number of aryl methyl sites for hydroxylation is 3. The van der Waals surface area contributed by atoms with Crippen molar-refractivity contribution in [2.24, 2.45) is 0 Å². The van der Waals surface area contributed by atoms with Gasteiger partial charge in [0.15, 0.2) is 0 Å². The van der Waals surface area contributed by atoms with Crippen LogP contribution in [0.1, 0.15) is 46.8 Å². The van der Waals surface area contributed by atoms with Gasteiger partial charge in [-0.15, -0.1) is 0 Å². The van der Waals surface area contributed by atoms with Crippen LogP contribution in [0.15, 0.2) is 65.7 Å². The molecule has 0 saturated heterocycles. The second kappa shape index (κ2) is 11.8. The number of benzene rings is 1. The molecule has 0 aliphatic rings. The molecule has 7 heteroatoms. The van der Waals surface area contributed by atoms with Crippen LogP contribution in [0.5, 0.6) is 11.6 Å². The zero-order valence-corrected chi connectivity index (χ0v) is 21.1. The van der Waals surface area contributed by atoms with Gasteiger partial charge < -0.3 is 9.84 Å². The summed E-state index contributed by atoms with van der Waals surface area (Å²) in [6, 6.07) is 16.0. The molecule has 0 aliphatic carbocycles. The topological polar surface area (TPSA) is 77.2 Å². The number of thiazole rings is 1. The molecule has 35 heavy (non-hydrogen) atoms. The van der Waals surface area contributed by atoms with Crippen LogP contribution >= 0.6 is 11.3 Å². The first-order chi connectivity index (χ1) is 17.1. The number of nitrogens with zero attached hydrogens (tertiary/aromatic N) is 3. The number of ether oxygens (including phenoxy) is 1. The van der Waals surface area contributed by atoms with Crippen molar-refractivity contribution >= 4 is 11.3 Å². The first-order valence-corrected chi connectivity index (χ1v) is 12.9. The number of pyridine rings is 2. The van der Waals surface area contributed by atoms with E-state index in [0.717, 1.165) is 53.3 Å². The van der Waals surface area contributed by atoms with Crippen LogP contribution in [0.3, 0.4) is 0 Å². The normalized spacial score (nSPS) is 11.0. The maximum absolute atomic E-state index is 12.5. The van der Waals surface area contributed by atoms with E-state index in [9.17, 15) is 9.90 Å². The third-order valence-electron chi connectivity index (χ3n) is 6.03. The minimum atomic E-state index is -0.150. The molecule has 1 aromatic carbocycles. The molecule has 4 rings (SSSR count). The lowest BCUT2D eigenvalue weighted by molar-refractivity contribution is 0.320. The van der Waals surface area contributed by atoms with Gasteiger partial charge in [-0.3, -0.25) is 19.3 Å². The second-order valence-electron chi connectivity index (χ2n) is 8.46. The highest BCUT2D eigenvalue weighted by atomic mass is 32.1. The Hall–Kier alpha value is -3.45. The van der Waals surface area contributed by atoms with Gasteiger partial charge in [-0.25, -0.2) is 0 Å². The first kappa shape index (κ1) is 24.7. The Kier molecular flexibility index (Phi) is 8.32. The zero-order valence-electron chi connectivity index (χ0n) is 20.2. The van der Waals surface area contributed by atoms with Gasteiger partial charge in [0.2, 0.25) is 5.88 Å². The fourth-order valence-corrected chi connectivity index (χ4v) is 4.71. The maximum atomic E-state index is 12.5. The highest BCUT2D eigenvalue weighted by molar-refractivity contribution is 7.09. The number of rotatable bonds is 11. The van der Waals surface area contributed by atoms with Crippen molar-refractivity contribution in [3.8, 4) is 11.6 Å². The number of hydrogen-bond donors (Lipinski definition) is 1. The van der Waals surface area contributed by atoms with Crippen LogP contribution in [0.2, 0.25) is 0 Å². The van der Waals surface area contributed by atoms with Crippen LogP contribution in [0, 0.1) is 0 Å². The number of hydrogen-bond acceptors (Lipinski definition) is 6. The van der Waals surface area contributed by atoms with Crippen LogP contribution < -0.4 is 9.61 Å². The van der Waals surface area contributed by atoms with Crippen LogP contribution in [0.4, 0.5) is 0 Å². The van der Waals surface area contributed by atoms with Gasteiger partial charge in [0.25, 0.3) is 0 Å². The quantitative estimate of drug-likeness (QED) is 0.321. The number of aromatic nitrogens is 3. The molecule has 6 nitrogen and oxygen atoms in total. The van der Waals surface area contributed by atoms with E-state index in [4.69, 9.17) is 4.74 Å². The molecule has 0 aliphatic heterocycles. The van der Waals surface area contributed by atoms with Crippen LogP contribution in [-0.2, 0) is 38.6 Å². The molecule has 1 N–H and O–H groups in total. The van der Waals surface area contributed by atoms with Gasteiger partial charge >= 0.3 is 4.87 Å². The Labute approximate surface area is 209 Å². The smallest absolute Gasteiger partial charge is 0.310 e. The maximum Gasteiger partial charge on any atom is 0.310 e. The third kappa shape index (κ3) is 6.57. The summed E-state index contributed by atoms with van der Waals surface area (Å²) in [5, 5.41) is 10.7. The fraction of sp³-hybridized carbons (Fsp3) is 0.321. The van der Waals surface area contributed by atoms with Crippen molar-refractivity contribution in [2.75, 3.05) is 6.61 Å². The van der Waals surface area contributed by atoms with E-state index in [1.807, 2.05) is 48.8 Å². The average molecular weight is 490 g/mol. The molecule has 0 bridgehead atoms. The molecule has 0 atom stereocenters. The summed E-state index contributed by atoms with van der Waals surface area (Å²) in [4.78, 5) is 21.9. The largest absolute Gasteiger partial charge is 0.494 e. The monoisotopic (exact) mass is 489 g/mol. The van der Waals surface area contributed by atoms with Crippen LogP contribution in [-0.4, -0.2) is 26.2 Å². The second-order valence-corrected chi connectivity index (χ2v) is 9.50. The molecule has 0 radical (unpaired) electrons. The van der Waals surface area contributed by atoms with Crippen molar-refractivity contribution in [1.29, 1.82) is 0 Å². The van der Waals surface area contributed by atoms with E-state index in [0.29, 0.717) is 30.9 Å². The van der Waals surface area contributed by atoms with E-state index in [1.165, 1.54) is 15.7 Å². The lowest BCUT2D eigenvalue weighted by Gasteiger charge is -2.08. The summed E-state index contributed by atoms with van der Waals surface area (Å²) in [5.41, 5.74) is 5.35. The van der Waals surface area contributed by atoms with Crippen LogP contribution in [0.25, 0.3) is 0 Å². The summed E-state index contributed by atoms with van der Waals surface area (Å²) >= 11 is 1.09. The summed E-state index contributed by atoms with van der Waals surface area (Å²) in [6.07, 6.45) is 7.56. The van der Waals surface area contributed by atoms with Gasteiger partial charge in [-0.1, -0.05) is 49.4 Å². The molecule has 182 valence electrons. The minimum absolute atomic E-state index is 0.0482. The van der Waals surface area contributed by atoms with Gasteiger partial charge in [0.05, 0.1) is 11.5 Å². The molecular formula is C28H31N3O3S. The van der Waals surface area contributed by atoms with E-state index in [1.54, 1.807) is 0 Å². The molecular weight excluding hydrogens is 458 g/mol. The van der Waals surface area contributed by atoms with Crippen molar-refractivity contribution in [2.45, 2.75) is 52.5 Å². The minimum Gasteiger partial charge on any atom is -0.494 e. The summed E-state index contributed by atoms with van der Waals surface area (Å²) in [6.45, 7) is 5.17. The predicted molar refractivity (Wildman–Crippen MR) is 140 cm³/mol. The average Bonchev–Trinajstić information content (AvgIpc) is 3.16. The summed E-state index contributed by atoms with van der Waals surface area (Å²) < 4.78 is 7.30. The van der Waals surface area contributed by atoms with Gasteiger partial charge in [-0.05, 0) is 53.8 Å². The van der Waals surface area contributed by atoms with Gasteiger partial charge in [0.1, 0.15) is 5.75 Å². The Bertz CT molecular complexity index is 1280. The summed E-state index contributed by atoms with van der Waals surface area (Å²) in [5.74, 6) is 0.836. The molecule has 0 unspecified atom stereocenters. The lowest BCUT2D eigenvalue weighted by atomic mass is 10.1. The molecule has 3 aromatic heterocycles.